The molecule has 1 aliphatic rings. The molecule has 0 aliphatic carbocycles. The van der Waals surface area contributed by atoms with Gasteiger partial charge in [-0.15, -0.1) is 13.2 Å². The fraction of sp³-hybridized carbons (Fsp3) is 0.538. The minimum Gasteiger partial charge on any atom is -0.406 e. The Hall–Kier alpha value is -1.28. The Morgan fingerprint density at radius 3 is 2.14 bits per heavy atom. The van der Waals surface area contributed by atoms with E-state index in [1.807, 2.05) is 0 Å². The molecule has 0 aromatic heterocycles. The van der Waals surface area contributed by atoms with Crippen molar-refractivity contribution in [1.82, 2.24) is 4.31 Å². The van der Waals surface area contributed by atoms with Crippen molar-refractivity contribution < 1.29 is 26.3 Å². The Bertz CT molecular complexity index is 576. The summed E-state index contributed by atoms with van der Waals surface area (Å²) in [4.78, 5) is -0.0217. The van der Waals surface area contributed by atoms with Gasteiger partial charge in [0.25, 0.3) is 0 Å². The third-order valence-electron chi connectivity index (χ3n) is 3.44. The summed E-state index contributed by atoms with van der Waals surface area (Å²) in [5, 5.41) is 0. The maximum Gasteiger partial charge on any atom is 0.573 e. The fourth-order valence-electron chi connectivity index (χ4n) is 2.19. The van der Waals surface area contributed by atoms with Crippen molar-refractivity contribution in [2.45, 2.75) is 31.0 Å². The van der Waals surface area contributed by atoms with Crippen molar-refractivity contribution in [3.63, 3.8) is 0 Å². The van der Waals surface area contributed by atoms with E-state index in [-0.39, 0.29) is 4.90 Å². The van der Waals surface area contributed by atoms with Gasteiger partial charge in [0.2, 0.25) is 10.0 Å². The largest absolute Gasteiger partial charge is 0.573 e. The van der Waals surface area contributed by atoms with E-state index in [9.17, 15) is 21.6 Å². The molecule has 1 heterocycles. The summed E-state index contributed by atoms with van der Waals surface area (Å²) < 4.78 is 66.0. The average molecular weight is 323 g/mol. The molecule has 0 atom stereocenters. The summed E-state index contributed by atoms with van der Waals surface area (Å²) >= 11 is 0. The minimum absolute atomic E-state index is 0.0217. The second kappa shape index (κ2) is 5.84. The lowest BCUT2D eigenvalue weighted by Crippen LogP contribution is -2.37. The van der Waals surface area contributed by atoms with Gasteiger partial charge in [-0.25, -0.2) is 8.42 Å². The van der Waals surface area contributed by atoms with Gasteiger partial charge in [-0.1, -0.05) is 6.92 Å². The van der Waals surface area contributed by atoms with Crippen LogP contribution in [0.25, 0.3) is 0 Å². The number of hydrogen-bond acceptors (Lipinski definition) is 3. The highest BCUT2D eigenvalue weighted by Gasteiger charge is 2.32. The number of alkyl halides is 3. The fourth-order valence-corrected chi connectivity index (χ4v) is 3.66. The molecule has 0 spiro atoms. The lowest BCUT2D eigenvalue weighted by atomic mass is 10.0. The summed E-state index contributed by atoms with van der Waals surface area (Å²) in [6, 6.07) is 4.28. The predicted octanol–water partition coefficient (Wildman–Crippen LogP) is 3.01. The number of benzene rings is 1. The SMILES string of the molecule is CC1CCN(S(=O)(=O)c2ccc(OC(F)(F)F)cc2)CC1. The van der Waals surface area contributed by atoms with Gasteiger partial charge in [0.05, 0.1) is 4.90 Å². The summed E-state index contributed by atoms with van der Waals surface area (Å²) in [6.45, 7) is 2.93. The van der Waals surface area contributed by atoms with Crippen LogP contribution in [0.1, 0.15) is 19.8 Å². The van der Waals surface area contributed by atoms with Crippen LogP contribution >= 0.6 is 0 Å². The Morgan fingerprint density at radius 2 is 1.67 bits per heavy atom. The van der Waals surface area contributed by atoms with E-state index in [0.717, 1.165) is 37.1 Å². The van der Waals surface area contributed by atoms with Gasteiger partial charge in [-0.3, -0.25) is 0 Å². The van der Waals surface area contributed by atoms with Crippen LogP contribution in [0.15, 0.2) is 29.2 Å². The van der Waals surface area contributed by atoms with E-state index >= 15 is 0 Å². The van der Waals surface area contributed by atoms with Crippen molar-refractivity contribution in [3.8, 4) is 5.75 Å². The first-order valence-electron chi connectivity index (χ1n) is 6.54. The molecule has 2 rings (SSSR count). The molecule has 1 aliphatic heterocycles. The van der Waals surface area contributed by atoms with Gasteiger partial charge >= 0.3 is 6.36 Å². The number of piperidine rings is 1. The third-order valence-corrected chi connectivity index (χ3v) is 5.35. The number of ether oxygens (including phenoxy) is 1. The summed E-state index contributed by atoms with van der Waals surface area (Å²) in [6.07, 6.45) is -3.22. The van der Waals surface area contributed by atoms with Gasteiger partial charge in [-0.2, -0.15) is 4.31 Å². The molecule has 0 N–H and O–H groups in total. The van der Waals surface area contributed by atoms with Gasteiger partial charge in [0.1, 0.15) is 5.75 Å². The quantitative estimate of drug-likeness (QED) is 0.859. The molecular formula is C13H16F3NO3S. The average Bonchev–Trinajstić information content (AvgIpc) is 2.38. The molecule has 0 amide bonds. The highest BCUT2D eigenvalue weighted by atomic mass is 32.2. The molecule has 21 heavy (non-hydrogen) atoms. The zero-order chi connectivity index (χ0) is 15.7. The molecule has 118 valence electrons. The highest BCUT2D eigenvalue weighted by molar-refractivity contribution is 7.89. The van der Waals surface area contributed by atoms with Crippen LogP contribution in [-0.4, -0.2) is 32.2 Å². The molecule has 1 aromatic rings. The first-order valence-corrected chi connectivity index (χ1v) is 7.98. The lowest BCUT2D eigenvalue weighted by Gasteiger charge is -2.29. The number of halogens is 3. The zero-order valence-electron chi connectivity index (χ0n) is 11.4. The molecule has 1 fully saturated rings. The van der Waals surface area contributed by atoms with E-state index in [2.05, 4.69) is 11.7 Å². The monoisotopic (exact) mass is 323 g/mol. The van der Waals surface area contributed by atoms with Crippen molar-refractivity contribution in [3.05, 3.63) is 24.3 Å². The second-order valence-corrected chi connectivity index (χ2v) is 7.04. The summed E-state index contributed by atoms with van der Waals surface area (Å²) in [7, 11) is -3.65. The van der Waals surface area contributed by atoms with E-state index in [4.69, 9.17) is 0 Å². The predicted molar refractivity (Wildman–Crippen MR) is 70.3 cm³/mol. The third kappa shape index (κ3) is 4.10. The smallest absolute Gasteiger partial charge is 0.406 e. The standard InChI is InChI=1S/C13H16F3NO3S/c1-10-6-8-17(9-7-10)21(18,19)12-4-2-11(3-5-12)20-13(14,15)16/h2-5,10H,6-9H2,1H3. The Labute approximate surface area is 121 Å². The van der Waals surface area contributed by atoms with Gasteiger partial charge in [0.15, 0.2) is 0 Å². The maximum absolute atomic E-state index is 12.4. The normalized spacial score (nSPS) is 18.7. The van der Waals surface area contributed by atoms with Crippen molar-refractivity contribution in [2.24, 2.45) is 5.92 Å². The Kier molecular flexibility index (Phi) is 4.48. The van der Waals surface area contributed by atoms with Crippen LogP contribution in [0.2, 0.25) is 0 Å². The Morgan fingerprint density at radius 1 is 1.14 bits per heavy atom. The van der Waals surface area contributed by atoms with Crippen LogP contribution in [0, 0.1) is 5.92 Å². The first kappa shape index (κ1) is 16.1. The second-order valence-electron chi connectivity index (χ2n) is 5.11. The topological polar surface area (TPSA) is 46.6 Å². The first-order chi connectivity index (χ1) is 9.68. The molecule has 0 bridgehead atoms. The molecule has 4 nitrogen and oxygen atoms in total. The van der Waals surface area contributed by atoms with Crippen LogP contribution in [0.3, 0.4) is 0 Å². The van der Waals surface area contributed by atoms with Gasteiger partial charge < -0.3 is 4.74 Å². The van der Waals surface area contributed by atoms with E-state index in [0.29, 0.717) is 19.0 Å². The van der Waals surface area contributed by atoms with Crippen LogP contribution < -0.4 is 4.74 Å². The van der Waals surface area contributed by atoms with Crippen LogP contribution in [-0.2, 0) is 10.0 Å². The lowest BCUT2D eigenvalue weighted by molar-refractivity contribution is -0.274. The van der Waals surface area contributed by atoms with Gasteiger partial charge in [0, 0.05) is 13.1 Å². The van der Waals surface area contributed by atoms with Gasteiger partial charge in [-0.05, 0) is 43.0 Å². The Balaban J connectivity index is 2.14. The zero-order valence-corrected chi connectivity index (χ0v) is 12.2. The van der Waals surface area contributed by atoms with E-state index in [1.165, 1.54) is 4.31 Å². The molecule has 0 radical (unpaired) electrons. The number of nitrogens with zero attached hydrogens (tertiary/aromatic N) is 1. The summed E-state index contributed by atoms with van der Waals surface area (Å²) in [5.74, 6) is 0.0488. The van der Waals surface area contributed by atoms with Crippen molar-refractivity contribution in [2.75, 3.05) is 13.1 Å². The van der Waals surface area contributed by atoms with E-state index < -0.39 is 22.1 Å². The van der Waals surface area contributed by atoms with Crippen molar-refractivity contribution >= 4 is 10.0 Å². The van der Waals surface area contributed by atoms with Crippen molar-refractivity contribution in [1.29, 1.82) is 0 Å². The number of rotatable bonds is 3. The van der Waals surface area contributed by atoms with Crippen LogP contribution in [0.4, 0.5) is 13.2 Å². The molecule has 0 unspecified atom stereocenters. The van der Waals surface area contributed by atoms with E-state index in [1.54, 1.807) is 0 Å². The minimum atomic E-state index is -4.79. The molecule has 0 saturated carbocycles. The molecule has 1 aromatic carbocycles. The number of hydrogen-bond donors (Lipinski definition) is 0. The number of sulfonamides is 1. The summed E-state index contributed by atoms with van der Waals surface area (Å²) in [5.41, 5.74) is 0. The molecule has 8 heteroatoms. The van der Waals surface area contributed by atoms with Crippen LogP contribution in [0.5, 0.6) is 5.75 Å². The molecule has 1 saturated heterocycles. The molecular weight excluding hydrogens is 307 g/mol. The highest BCUT2D eigenvalue weighted by Crippen LogP contribution is 2.27. The maximum atomic E-state index is 12.4.